The molecule has 2 rings (SSSR count). The van der Waals surface area contributed by atoms with Crippen molar-refractivity contribution in [1.82, 2.24) is 4.98 Å². The Morgan fingerprint density at radius 2 is 1.81 bits per heavy atom. The summed E-state index contributed by atoms with van der Waals surface area (Å²) in [6.45, 7) is 0.547. The number of pyridine rings is 1. The molecule has 1 aromatic carbocycles. The van der Waals surface area contributed by atoms with Gasteiger partial charge >= 0.3 is 23.1 Å². The predicted octanol–water partition coefficient (Wildman–Crippen LogP) is -0.916. The number of aromatic nitrogens is 1. The number of ether oxygens (including phenoxy) is 1. The van der Waals surface area contributed by atoms with E-state index in [1.807, 2.05) is 42.5 Å². The zero-order valence-corrected chi connectivity index (χ0v) is 11.8. The molecule has 0 unspecified atom stereocenters. The van der Waals surface area contributed by atoms with Crippen LogP contribution in [-0.4, -0.2) is 28.0 Å². The number of halogens is 1. The van der Waals surface area contributed by atoms with Crippen LogP contribution in [0.25, 0.3) is 0 Å². The summed E-state index contributed by atoms with van der Waals surface area (Å²) >= 11 is 0. The van der Waals surface area contributed by atoms with Gasteiger partial charge in [0.2, 0.25) is 0 Å². The summed E-state index contributed by atoms with van der Waals surface area (Å²) in [6, 6.07) is 15.4. The standard InChI is InChI=1S/C12H10NO.BrH.Mg/c1-2-6-11(7-3-1)10-14-12-8-4-5-9-13-12;;/h1-8H,10H2;1H;/q-1;;+2/p-1. The Balaban J connectivity index is 0.00000112. The van der Waals surface area contributed by atoms with Gasteiger partial charge in [0.15, 0.2) is 0 Å². The molecule has 0 spiro atoms. The first-order chi connectivity index (χ1) is 6.95. The number of hydrogen-bond donors (Lipinski definition) is 0. The Hall–Kier alpha value is -0.584. The molecule has 0 radical (unpaired) electrons. The van der Waals surface area contributed by atoms with Crippen molar-refractivity contribution < 1.29 is 21.7 Å². The minimum Gasteiger partial charge on any atom is -1.00 e. The van der Waals surface area contributed by atoms with Gasteiger partial charge < -0.3 is 26.7 Å². The van der Waals surface area contributed by atoms with Crippen LogP contribution in [-0.2, 0) is 6.61 Å². The second-order valence-corrected chi connectivity index (χ2v) is 2.88. The fourth-order valence-corrected chi connectivity index (χ4v) is 1.12. The van der Waals surface area contributed by atoms with Crippen molar-refractivity contribution in [2.45, 2.75) is 6.61 Å². The van der Waals surface area contributed by atoms with Gasteiger partial charge in [-0.3, -0.25) is 0 Å². The molecule has 0 fully saturated rings. The molecule has 0 aliphatic heterocycles. The van der Waals surface area contributed by atoms with Crippen molar-refractivity contribution in [1.29, 1.82) is 0 Å². The summed E-state index contributed by atoms with van der Waals surface area (Å²) in [6.07, 6.45) is 2.72. The Labute approximate surface area is 122 Å². The molecule has 4 heteroatoms. The van der Waals surface area contributed by atoms with E-state index in [9.17, 15) is 0 Å². The monoisotopic (exact) mass is 287 g/mol. The molecule has 0 saturated heterocycles. The van der Waals surface area contributed by atoms with Crippen molar-refractivity contribution in [3.8, 4) is 5.88 Å². The van der Waals surface area contributed by atoms with Crippen LogP contribution in [0.1, 0.15) is 5.56 Å². The topological polar surface area (TPSA) is 22.1 Å². The van der Waals surface area contributed by atoms with Gasteiger partial charge in [-0.25, -0.2) is 0 Å². The SMILES string of the molecule is [Br-].[Mg+2].[c-]1cccc(OCc2ccccc2)n1. The van der Waals surface area contributed by atoms with E-state index in [-0.39, 0.29) is 40.0 Å². The normalized spacial score (nSPS) is 8.50. The van der Waals surface area contributed by atoms with E-state index in [1.165, 1.54) is 0 Å². The van der Waals surface area contributed by atoms with Gasteiger partial charge in [-0.2, -0.15) is 12.1 Å². The average molecular weight is 288 g/mol. The quantitative estimate of drug-likeness (QED) is 0.539. The van der Waals surface area contributed by atoms with Crippen LogP contribution < -0.4 is 21.7 Å². The maximum atomic E-state index is 5.45. The summed E-state index contributed by atoms with van der Waals surface area (Å²) in [5.41, 5.74) is 1.14. The molecule has 0 atom stereocenters. The van der Waals surface area contributed by atoms with E-state index in [4.69, 9.17) is 4.74 Å². The Morgan fingerprint density at radius 1 is 1.06 bits per heavy atom. The summed E-state index contributed by atoms with van der Waals surface area (Å²) in [4.78, 5) is 3.95. The molecule has 1 aromatic heterocycles. The van der Waals surface area contributed by atoms with Crippen LogP contribution in [0.4, 0.5) is 0 Å². The Morgan fingerprint density at radius 3 is 2.44 bits per heavy atom. The zero-order valence-electron chi connectivity index (χ0n) is 8.77. The molecule has 0 bridgehead atoms. The Bertz CT molecular complexity index is 343. The number of hydrogen-bond acceptors (Lipinski definition) is 2. The van der Waals surface area contributed by atoms with Gasteiger partial charge in [0.1, 0.15) is 0 Å². The fourth-order valence-electron chi connectivity index (χ4n) is 1.12. The summed E-state index contributed by atoms with van der Waals surface area (Å²) < 4.78 is 5.45. The molecule has 0 saturated carbocycles. The van der Waals surface area contributed by atoms with Crippen LogP contribution in [0.5, 0.6) is 5.88 Å². The molecule has 2 aromatic rings. The Kier molecular flexibility index (Phi) is 8.24. The van der Waals surface area contributed by atoms with Crippen LogP contribution >= 0.6 is 0 Å². The molecule has 0 aliphatic carbocycles. The zero-order chi connectivity index (χ0) is 9.64. The largest absolute Gasteiger partial charge is 2.00 e. The van der Waals surface area contributed by atoms with Gasteiger partial charge in [-0.15, -0.1) is 6.07 Å². The first-order valence-electron chi connectivity index (χ1n) is 4.45. The summed E-state index contributed by atoms with van der Waals surface area (Å²) in [5, 5.41) is 0. The van der Waals surface area contributed by atoms with Gasteiger partial charge in [-0.1, -0.05) is 36.5 Å². The second-order valence-electron chi connectivity index (χ2n) is 2.88. The molecule has 1 heterocycles. The number of rotatable bonds is 3. The van der Waals surface area contributed by atoms with Crippen molar-refractivity contribution in [3.05, 3.63) is 60.3 Å². The van der Waals surface area contributed by atoms with E-state index in [1.54, 1.807) is 6.07 Å². The maximum absolute atomic E-state index is 5.45. The van der Waals surface area contributed by atoms with Crippen LogP contribution in [0.15, 0.2) is 48.5 Å². The first kappa shape index (κ1) is 15.4. The molecular weight excluding hydrogens is 278 g/mol. The van der Waals surface area contributed by atoms with E-state index in [2.05, 4.69) is 11.2 Å². The number of nitrogens with zero attached hydrogens (tertiary/aromatic N) is 1. The van der Waals surface area contributed by atoms with Crippen molar-refractivity contribution >= 4 is 23.1 Å². The van der Waals surface area contributed by atoms with E-state index >= 15 is 0 Å². The van der Waals surface area contributed by atoms with E-state index in [0.29, 0.717) is 12.5 Å². The minimum absolute atomic E-state index is 0. The van der Waals surface area contributed by atoms with Gasteiger partial charge in [0.05, 0.1) is 12.5 Å². The first-order valence-corrected chi connectivity index (χ1v) is 4.45. The van der Waals surface area contributed by atoms with E-state index < -0.39 is 0 Å². The van der Waals surface area contributed by atoms with E-state index in [0.717, 1.165) is 5.56 Å². The summed E-state index contributed by atoms with van der Waals surface area (Å²) in [7, 11) is 0. The molecular formula is C12H10BrMgNO. The molecule has 78 valence electrons. The molecule has 0 amide bonds. The van der Waals surface area contributed by atoms with Gasteiger partial charge in [-0.05, 0) is 5.56 Å². The molecule has 0 aliphatic rings. The average Bonchev–Trinajstić information content (AvgIpc) is 2.29. The third-order valence-corrected chi connectivity index (χ3v) is 1.81. The fraction of sp³-hybridized carbons (Fsp3) is 0.0833. The molecule has 0 N–H and O–H groups in total. The minimum atomic E-state index is 0. The summed E-state index contributed by atoms with van der Waals surface area (Å²) in [5.74, 6) is 0.608. The van der Waals surface area contributed by atoms with Crippen LogP contribution in [0, 0.1) is 6.20 Å². The predicted molar refractivity (Wildman–Crippen MR) is 59.6 cm³/mol. The molecule has 16 heavy (non-hydrogen) atoms. The third kappa shape index (κ3) is 4.96. The van der Waals surface area contributed by atoms with Gasteiger partial charge in [0, 0.05) is 0 Å². The third-order valence-electron chi connectivity index (χ3n) is 1.81. The number of benzene rings is 1. The smallest absolute Gasteiger partial charge is 1.00 e. The van der Waals surface area contributed by atoms with Crippen LogP contribution in [0.3, 0.4) is 0 Å². The second kappa shape index (κ2) is 8.55. The molecule has 2 nitrogen and oxygen atoms in total. The van der Waals surface area contributed by atoms with Gasteiger partial charge in [0.25, 0.3) is 0 Å². The maximum Gasteiger partial charge on any atom is 2.00 e. The van der Waals surface area contributed by atoms with Crippen LogP contribution in [0.2, 0.25) is 0 Å². The van der Waals surface area contributed by atoms with Crippen molar-refractivity contribution in [3.63, 3.8) is 0 Å². The van der Waals surface area contributed by atoms with Crippen molar-refractivity contribution in [2.75, 3.05) is 0 Å². The van der Waals surface area contributed by atoms with Crippen molar-refractivity contribution in [2.24, 2.45) is 0 Å².